The molecule has 34 heavy (non-hydrogen) atoms. The van der Waals surface area contributed by atoms with Gasteiger partial charge in [0.05, 0.1) is 11.1 Å². The van der Waals surface area contributed by atoms with Crippen LogP contribution in [0.5, 0.6) is 11.5 Å². The number of anilines is 3. The highest BCUT2D eigenvalue weighted by molar-refractivity contribution is 5.87. The van der Waals surface area contributed by atoms with Gasteiger partial charge in [0.25, 0.3) is 0 Å². The van der Waals surface area contributed by atoms with Crippen molar-refractivity contribution in [2.24, 2.45) is 5.41 Å². The van der Waals surface area contributed by atoms with Crippen LogP contribution in [0.2, 0.25) is 0 Å². The molecule has 1 saturated carbocycles. The summed E-state index contributed by atoms with van der Waals surface area (Å²) in [5, 5.41) is 5.42. The molecule has 1 heterocycles. The zero-order valence-electron chi connectivity index (χ0n) is 18.6. The van der Waals surface area contributed by atoms with Crippen LogP contribution in [0.25, 0.3) is 0 Å². The van der Waals surface area contributed by atoms with Gasteiger partial charge in [-0.05, 0) is 43.2 Å². The van der Waals surface area contributed by atoms with Gasteiger partial charge in [0.1, 0.15) is 35.8 Å². The number of benzene rings is 2. The molecule has 1 aliphatic carbocycles. The fourth-order valence-electron chi connectivity index (χ4n) is 2.44. The Morgan fingerprint density at radius 1 is 0.941 bits per heavy atom. The molecule has 1 aromatic heterocycles. The molecular weight excluding hydrogens is 449 g/mol. The first-order valence-corrected chi connectivity index (χ1v) is 10.2. The second kappa shape index (κ2) is 12.2. The van der Waals surface area contributed by atoms with Crippen LogP contribution in [0, 0.1) is 22.9 Å². The molecule has 10 heteroatoms. The predicted octanol–water partition coefficient (Wildman–Crippen LogP) is 4.81. The number of pyridine rings is 1. The van der Waals surface area contributed by atoms with Gasteiger partial charge in [-0.3, -0.25) is 0 Å². The fraction of sp³-hybridized carbons (Fsp3) is 0.208. The van der Waals surface area contributed by atoms with Crippen LogP contribution in [0.3, 0.4) is 0 Å². The van der Waals surface area contributed by atoms with E-state index in [0.29, 0.717) is 0 Å². The molecule has 0 spiro atoms. The minimum atomic E-state index is -0.670. The molecule has 0 unspecified atom stereocenters. The summed E-state index contributed by atoms with van der Waals surface area (Å²) in [5.41, 5.74) is 5.92. The van der Waals surface area contributed by atoms with E-state index in [9.17, 15) is 22.8 Å². The molecule has 1 aliphatic rings. The Labute approximate surface area is 195 Å². The van der Waals surface area contributed by atoms with Crippen molar-refractivity contribution < 1.29 is 27.5 Å². The smallest absolute Gasteiger partial charge is 0.167 e. The van der Waals surface area contributed by atoms with Crippen LogP contribution in [0.15, 0.2) is 54.7 Å². The molecule has 0 amide bonds. The molecule has 180 valence electrons. The lowest BCUT2D eigenvalue weighted by Gasteiger charge is -2.09. The summed E-state index contributed by atoms with van der Waals surface area (Å²) in [6.45, 7) is 0. The SMILES string of the molecule is CNc1cc(F)c(Oc2ccnc(N)c2)cc1F.CNc1ccc(F)cc1.O=CC1(C=O)CC1. The monoisotopic (exact) mass is 474 g/mol. The van der Waals surface area contributed by atoms with Crippen molar-refractivity contribution in [3.63, 3.8) is 0 Å². The van der Waals surface area contributed by atoms with Gasteiger partial charge in [-0.25, -0.2) is 18.2 Å². The first kappa shape index (κ1) is 26.2. The van der Waals surface area contributed by atoms with Gasteiger partial charge in [0.2, 0.25) is 0 Å². The second-order valence-electron chi connectivity index (χ2n) is 7.26. The molecule has 0 bridgehead atoms. The standard InChI is InChI=1S/C12H11F2N3O.C7H8FN.C5H6O2/c1-16-10-5-9(14)11(6-8(10)13)18-7-2-3-17-12(15)4-7;1-9-7-4-2-6(8)3-5-7;6-3-5(4-7)1-2-5/h2-6,16H,1H3,(H2,15,17);2-5,9H,1H3;3-4H,1-2H2. The quantitative estimate of drug-likeness (QED) is 0.348. The first-order valence-electron chi connectivity index (χ1n) is 10.2. The van der Waals surface area contributed by atoms with E-state index in [1.54, 1.807) is 19.2 Å². The topological polar surface area (TPSA) is 106 Å². The van der Waals surface area contributed by atoms with Crippen LogP contribution in [0.4, 0.5) is 30.4 Å². The van der Waals surface area contributed by atoms with E-state index in [2.05, 4.69) is 15.6 Å². The van der Waals surface area contributed by atoms with Crippen molar-refractivity contribution in [1.29, 1.82) is 0 Å². The Morgan fingerprint density at radius 2 is 1.59 bits per heavy atom. The molecule has 4 rings (SSSR count). The number of hydrogen-bond acceptors (Lipinski definition) is 7. The number of ether oxygens (including phenoxy) is 1. The summed E-state index contributed by atoms with van der Waals surface area (Å²) >= 11 is 0. The van der Waals surface area contributed by atoms with Crippen molar-refractivity contribution in [3.05, 3.63) is 72.2 Å². The van der Waals surface area contributed by atoms with Gasteiger partial charge in [0, 0.05) is 44.2 Å². The maximum Gasteiger partial charge on any atom is 0.167 e. The predicted molar refractivity (Wildman–Crippen MR) is 124 cm³/mol. The van der Waals surface area contributed by atoms with E-state index in [0.717, 1.165) is 43.2 Å². The van der Waals surface area contributed by atoms with Crippen LogP contribution in [-0.2, 0) is 9.59 Å². The summed E-state index contributed by atoms with van der Waals surface area (Å²) in [5.74, 6) is -1.16. The maximum absolute atomic E-state index is 13.6. The number of nitrogens with one attached hydrogen (secondary N) is 2. The molecule has 4 N–H and O–H groups in total. The zero-order valence-corrected chi connectivity index (χ0v) is 18.6. The van der Waals surface area contributed by atoms with Gasteiger partial charge >= 0.3 is 0 Å². The number of aromatic nitrogens is 1. The van der Waals surface area contributed by atoms with Gasteiger partial charge in [-0.2, -0.15) is 0 Å². The lowest BCUT2D eigenvalue weighted by Crippen LogP contribution is -2.01. The third-order valence-electron chi connectivity index (χ3n) is 4.70. The van der Waals surface area contributed by atoms with Crippen molar-refractivity contribution >= 4 is 29.8 Å². The number of hydrogen-bond donors (Lipinski definition) is 3. The number of carbonyl (C=O) groups is 2. The van der Waals surface area contributed by atoms with E-state index in [4.69, 9.17) is 10.5 Å². The highest BCUT2D eigenvalue weighted by atomic mass is 19.1. The number of rotatable bonds is 6. The lowest BCUT2D eigenvalue weighted by molar-refractivity contribution is -0.120. The molecule has 0 atom stereocenters. The molecule has 3 aromatic rings. The van der Waals surface area contributed by atoms with Crippen LogP contribution >= 0.6 is 0 Å². The molecule has 7 nitrogen and oxygen atoms in total. The lowest BCUT2D eigenvalue weighted by atomic mass is 10.2. The molecule has 2 aromatic carbocycles. The third kappa shape index (κ3) is 7.80. The summed E-state index contributed by atoms with van der Waals surface area (Å²) in [6.07, 6.45) is 4.42. The van der Waals surface area contributed by atoms with Crippen LogP contribution in [-0.4, -0.2) is 31.7 Å². The van der Waals surface area contributed by atoms with E-state index in [1.165, 1.54) is 37.5 Å². The largest absolute Gasteiger partial charge is 0.454 e. The summed E-state index contributed by atoms with van der Waals surface area (Å²) < 4.78 is 44.5. The Morgan fingerprint density at radius 3 is 2.06 bits per heavy atom. The number of nitrogens with two attached hydrogens (primary N) is 1. The molecular formula is C24H25F3N4O3. The van der Waals surface area contributed by atoms with Gasteiger partial charge in [0.15, 0.2) is 11.6 Å². The number of aldehydes is 2. The molecule has 0 aliphatic heterocycles. The minimum absolute atomic E-state index is 0.0640. The fourth-order valence-corrected chi connectivity index (χ4v) is 2.44. The second-order valence-corrected chi connectivity index (χ2v) is 7.26. The Bertz CT molecular complexity index is 1100. The Kier molecular flexibility index (Phi) is 9.42. The third-order valence-corrected chi connectivity index (χ3v) is 4.70. The van der Waals surface area contributed by atoms with Crippen molar-refractivity contribution in [2.45, 2.75) is 12.8 Å². The summed E-state index contributed by atoms with van der Waals surface area (Å²) in [7, 11) is 3.30. The molecule has 0 radical (unpaired) electrons. The summed E-state index contributed by atoms with van der Waals surface area (Å²) in [6, 6.07) is 11.1. The van der Waals surface area contributed by atoms with E-state index >= 15 is 0 Å². The highest BCUT2D eigenvalue weighted by Gasteiger charge is 2.42. The van der Waals surface area contributed by atoms with E-state index in [1.807, 2.05) is 0 Å². The van der Waals surface area contributed by atoms with Crippen LogP contribution in [0.1, 0.15) is 12.8 Å². The zero-order chi connectivity index (χ0) is 25.1. The number of nitrogen functional groups attached to an aromatic ring is 1. The van der Waals surface area contributed by atoms with Crippen LogP contribution < -0.4 is 21.1 Å². The first-order chi connectivity index (χ1) is 16.3. The Balaban J connectivity index is 0.000000211. The Hall–Kier alpha value is -4.08. The maximum atomic E-state index is 13.6. The molecule has 1 fully saturated rings. The average molecular weight is 474 g/mol. The van der Waals surface area contributed by atoms with Gasteiger partial charge < -0.3 is 30.7 Å². The van der Waals surface area contributed by atoms with Crippen molar-refractivity contribution in [1.82, 2.24) is 4.98 Å². The minimum Gasteiger partial charge on any atom is -0.454 e. The van der Waals surface area contributed by atoms with Crippen molar-refractivity contribution in [3.8, 4) is 11.5 Å². The number of nitrogens with zero attached hydrogens (tertiary/aromatic N) is 1. The number of carbonyl (C=O) groups excluding carboxylic acids is 2. The van der Waals surface area contributed by atoms with Crippen molar-refractivity contribution in [2.75, 3.05) is 30.5 Å². The van der Waals surface area contributed by atoms with E-state index in [-0.39, 0.29) is 28.8 Å². The summed E-state index contributed by atoms with van der Waals surface area (Å²) in [4.78, 5) is 23.5. The van der Waals surface area contributed by atoms with Gasteiger partial charge in [-0.1, -0.05) is 0 Å². The highest BCUT2D eigenvalue weighted by Crippen LogP contribution is 2.40. The average Bonchev–Trinajstić information content (AvgIpc) is 3.63. The van der Waals surface area contributed by atoms with Gasteiger partial charge in [-0.15, -0.1) is 0 Å². The number of halogens is 3. The molecule has 0 saturated heterocycles. The normalized spacial score (nSPS) is 12.6. The van der Waals surface area contributed by atoms with E-state index < -0.39 is 17.0 Å².